The maximum absolute atomic E-state index is 4.66. The van der Waals surface area contributed by atoms with Crippen LogP contribution in [0.2, 0.25) is 0 Å². The van der Waals surface area contributed by atoms with Crippen LogP contribution >= 0.6 is 27.7 Å². The maximum atomic E-state index is 4.66. The first-order chi connectivity index (χ1) is 10.0. The van der Waals surface area contributed by atoms with Crippen LogP contribution in [0.1, 0.15) is 36.8 Å². The van der Waals surface area contributed by atoms with Gasteiger partial charge in [0, 0.05) is 27.7 Å². The van der Waals surface area contributed by atoms with E-state index in [1.165, 1.54) is 10.5 Å². The van der Waals surface area contributed by atoms with E-state index in [0.29, 0.717) is 5.92 Å². The van der Waals surface area contributed by atoms with Gasteiger partial charge in [-0.3, -0.25) is 0 Å². The van der Waals surface area contributed by atoms with E-state index in [4.69, 9.17) is 0 Å². The molecule has 0 unspecified atom stereocenters. The molecule has 0 aliphatic heterocycles. The first kappa shape index (κ1) is 16.3. The second kappa shape index (κ2) is 7.27. The van der Waals surface area contributed by atoms with Gasteiger partial charge in [-0.25, -0.2) is 9.97 Å². The maximum Gasteiger partial charge on any atom is 0.141 e. The van der Waals surface area contributed by atoms with Gasteiger partial charge in [-0.15, -0.1) is 11.8 Å². The Labute approximate surface area is 139 Å². The zero-order chi connectivity index (χ0) is 15.4. The summed E-state index contributed by atoms with van der Waals surface area (Å²) >= 11 is 5.24. The molecule has 0 spiro atoms. The normalized spacial score (nSPS) is 11.0. The Morgan fingerprint density at radius 3 is 2.67 bits per heavy atom. The first-order valence-corrected chi connectivity index (χ1v) is 8.72. The molecule has 21 heavy (non-hydrogen) atoms. The molecule has 1 N–H and O–H groups in total. The molecular weight excluding hydrogens is 346 g/mol. The molecule has 0 atom stereocenters. The van der Waals surface area contributed by atoms with E-state index in [-0.39, 0.29) is 0 Å². The van der Waals surface area contributed by atoms with Crippen molar-refractivity contribution in [2.75, 3.05) is 12.4 Å². The number of nitrogens with zero attached hydrogens (tertiary/aromatic N) is 2. The molecular formula is C16H20BrN3S. The summed E-state index contributed by atoms with van der Waals surface area (Å²) in [7, 11) is 1.92. The van der Waals surface area contributed by atoms with Gasteiger partial charge in [-0.2, -0.15) is 0 Å². The Kier molecular flexibility index (Phi) is 5.65. The van der Waals surface area contributed by atoms with E-state index in [2.05, 4.69) is 64.1 Å². The molecule has 3 nitrogen and oxygen atoms in total. The largest absolute Gasteiger partial charge is 0.373 e. The number of hydrogen-bond acceptors (Lipinski definition) is 4. The highest BCUT2D eigenvalue weighted by Gasteiger charge is 2.13. The Morgan fingerprint density at radius 2 is 2.05 bits per heavy atom. The van der Waals surface area contributed by atoms with Crippen molar-refractivity contribution >= 4 is 33.5 Å². The highest BCUT2D eigenvalue weighted by molar-refractivity contribution is 9.10. The number of aromatic nitrogens is 2. The lowest BCUT2D eigenvalue weighted by atomic mass is 10.0. The molecule has 112 valence electrons. The van der Waals surface area contributed by atoms with Crippen molar-refractivity contribution in [3.8, 4) is 0 Å². The summed E-state index contributed by atoms with van der Waals surface area (Å²) in [5, 5.41) is 3.20. The average Bonchev–Trinajstić information content (AvgIpc) is 2.44. The fourth-order valence-electron chi connectivity index (χ4n) is 2.29. The number of nitrogens with one attached hydrogen (secondary N) is 1. The third kappa shape index (κ3) is 4.20. The molecule has 1 heterocycles. The average molecular weight is 366 g/mol. The van der Waals surface area contributed by atoms with Crippen LogP contribution in [0.15, 0.2) is 33.6 Å². The van der Waals surface area contributed by atoms with Gasteiger partial charge in [0.05, 0.1) is 5.75 Å². The first-order valence-electron chi connectivity index (χ1n) is 6.94. The standard InChI is InChI=1S/C16H20BrN3S/c1-10(2)15-11(3)19-14(20-16(15)18-4)9-21-13-7-5-6-12(17)8-13/h5-8,10H,9H2,1-4H3,(H,18,19,20). The summed E-state index contributed by atoms with van der Waals surface area (Å²) in [6.45, 7) is 6.40. The van der Waals surface area contributed by atoms with Crippen LogP contribution in [0.25, 0.3) is 0 Å². The lowest BCUT2D eigenvalue weighted by Crippen LogP contribution is -2.08. The number of anilines is 1. The third-order valence-corrected chi connectivity index (χ3v) is 4.64. The van der Waals surface area contributed by atoms with Gasteiger partial charge in [-0.05, 0) is 31.0 Å². The summed E-state index contributed by atoms with van der Waals surface area (Å²) in [6, 6.07) is 8.28. The number of hydrogen-bond donors (Lipinski definition) is 1. The van der Waals surface area contributed by atoms with Crippen LogP contribution in [-0.4, -0.2) is 17.0 Å². The van der Waals surface area contributed by atoms with Crippen LogP contribution in [0, 0.1) is 6.92 Å². The Hall–Kier alpha value is -1.07. The molecule has 0 fully saturated rings. The van der Waals surface area contributed by atoms with Gasteiger partial charge >= 0.3 is 0 Å². The zero-order valence-corrected chi connectivity index (χ0v) is 15.2. The summed E-state index contributed by atoms with van der Waals surface area (Å²) in [4.78, 5) is 10.5. The summed E-state index contributed by atoms with van der Waals surface area (Å²) in [5.41, 5.74) is 2.27. The van der Waals surface area contributed by atoms with Crippen molar-refractivity contribution in [1.29, 1.82) is 0 Å². The van der Waals surface area contributed by atoms with Crippen molar-refractivity contribution in [3.05, 3.63) is 45.8 Å². The second-order valence-corrected chi connectivity index (χ2v) is 7.10. The van der Waals surface area contributed by atoms with Crippen molar-refractivity contribution < 1.29 is 0 Å². The van der Waals surface area contributed by atoms with Crippen molar-refractivity contribution in [1.82, 2.24) is 9.97 Å². The van der Waals surface area contributed by atoms with Crippen LogP contribution in [-0.2, 0) is 5.75 Å². The molecule has 2 aromatic rings. The van der Waals surface area contributed by atoms with E-state index in [1.54, 1.807) is 11.8 Å². The fourth-order valence-corrected chi connectivity index (χ4v) is 3.65. The molecule has 1 aromatic heterocycles. The van der Waals surface area contributed by atoms with Crippen LogP contribution in [0.4, 0.5) is 5.82 Å². The highest BCUT2D eigenvalue weighted by atomic mass is 79.9. The molecule has 0 aliphatic carbocycles. The second-order valence-electron chi connectivity index (χ2n) is 5.14. The minimum absolute atomic E-state index is 0.416. The predicted molar refractivity (Wildman–Crippen MR) is 94.1 cm³/mol. The lowest BCUT2D eigenvalue weighted by Gasteiger charge is -2.15. The number of benzene rings is 1. The quantitative estimate of drug-likeness (QED) is 0.756. The van der Waals surface area contributed by atoms with E-state index in [1.807, 2.05) is 19.2 Å². The smallest absolute Gasteiger partial charge is 0.141 e. The third-order valence-electron chi connectivity index (χ3n) is 3.16. The van der Waals surface area contributed by atoms with Gasteiger partial charge < -0.3 is 5.32 Å². The van der Waals surface area contributed by atoms with Gasteiger partial charge in [-0.1, -0.05) is 35.8 Å². The van der Waals surface area contributed by atoms with Gasteiger partial charge in [0.2, 0.25) is 0 Å². The van der Waals surface area contributed by atoms with Crippen LogP contribution < -0.4 is 5.32 Å². The van der Waals surface area contributed by atoms with E-state index >= 15 is 0 Å². The van der Waals surface area contributed by atoms with Gasteiger partial charge in [0.1, 0.15) is 11.6 Å². The molecule has 0 saturated heterocycles. The molecule has 0 aliphatic rings. The van der Waals surface area contributed by atoms with Crippen molar-refractivity contribution in [3.63, 3.8) is 0 Å². The molecule has 1 aromatic carbocycles. The minimum Gasteiger partial charge on any atom is -0.373 e. The van der Waals surface area contributed by atoms with E-state index in [0.717, 1.165) is 27.6 Å². The number of aryl methyl sites for hydroxylation is 1. The summed E-state index contributed by atoms with van der Waals surface area (Å²) in [5.74, 6) is 3.00. The SMILES string of the molecule is CNc1nc(CSc2cccc(Br)c2)nc(C)c1C(C)C. The van der Waals surface area contributed by atoms with Crippen molar-refractivity contribution in [2.24, 2.45) is 0 Å². The van der Waals surface area contributed by atoms with E-state index in [9.17, 15) is 0 Å². The molecule has 0 saturated carbocycles. The summed E-state index contributed by atoms with van der Waals surface area (Å²) < 4.78 is 1.09. The Balaban J connectivity index is 2.19. The van der Waals surface area contributed by atoms with Crippen molar-refractivity contribution in [2.45, 2.75) is 37.3 Å². The highest BCUT2D eigenvalue weighted by Crippen LogP contribution is 2.28. The molecule has 2 rings (SSSR count). The monoisotopic (exact) mass is 365 g/mol. The lowest BCUT2D eigenvalue weighted by molar-refractivity contribution is 0.821. The fraction of sp³-hybridized carbons (Fsp3) is 0.375. The van der Waals surface area contributed by atoms with Crippen LogP contribution in [0.5, 0.6) is 0 Å². The minimum atomic E-state index is 0.416. The van der Waals surface area contributed by atoms with E-state index < -0.39 is 0 Å². The predicted octanol–water partition coefficient (Wildman–Crippen LogP) is 5.00. The molecule has 0 amide bonds. The van der Waals surface area contributed by atoms with Crippen LogP contribution in [0.3, 0.4) is 0 Å². The molecule has 0 bridgehead atoms. The Bertz CT molecular complexity index is 629. The summed E-state index contributed by atoms with van der Waals surface area (Å²) in [6.07, 6.45) is 0. The van der Waals surface area contributed by atoms with Gasteiger partial charge in [0.25, 0.3) is 0 Å². The number of halogens is 1. The topological polar surface area (TPSA) is 37.8 Å². The molecule has 5 heteroatoms. The molecule has 0 radical (unpaired) electrons. The zero-order valence-electron chi connectivity index (χ0n) is 12.8. The Morgan fingerprint density at radius 1 is 1.29 bits per heavy atom. The number of rotatable bonds is 5. The number of thioether (sulfide) groups is 1. The van der Waals surface area contributed by atoms with Gasteiger partial charge in [0.15, 0.2) is 0 Å².